The lowest BCUT2D eigenvalue weighted by molar-refractivity contribution is -0.134. The third-order valence-electron chi connectivity index (χ3n) is 5.95. The monoisotopic (exact) mass is 459 g/mol. The molecule has 1 fully saturated rings. The lowest BCUT2D eigenvalue weighted by Crippen LogP contribution is -2.52. The molecule has 1 aromatic heterocycles. The van der Waals surface area contributed by atoms with Gasteiger partial charge in [0.15, 0.2) is 0 Å². The number of carbonyl (C=O) groups is 3. The summed E-state index contributed by atoms with van der Waals surface area (Å²) < 4.78 is 0. The summed E-state index contributed by atoms with van der Waals surface area (Å²) in [6.45, 7) is 5.42. The number of benzene rings is 2. The summed E-state index contributed by atoms with van der Waals surface area (Å²) in [5.74, 6) is -0.469. The molecule has 0 atom stereocenters. The number of aromatic amines is 1. The van der Waals surface area contributed by atoms with E-state index in [9.17, 15) is 14.4 Å². The second kappa shape index (κ2) is 10.3. The quantitative estimate of drug-likeness (QED) is 0.592. The molecule has 0 spiro atoms. The van der Waals surface area contributed by atoms with Gasteiger partial charge in [-0.3, -0.25) is 19.5 Å². The Morgan fingerprint density at radius 3 is 2.35 bits per heavy atom. The van der Waals surface area contributed by atoms with E-state index in [2.05, 4.69) is 15.5 Å². The van der Waals surface area contributed by atoms with Crippen molar-refractivity contribution >= 4 is 40.8 Å². The number of nitrogens with one attached hydrogen (secondary N) is 2. The van der Waals surface area contributed by atoms with Crippen LogP contribution in [0, 0.1) is 5.92 Å². The number of nitrogens with zero attached hydrogens (tertiary/aromatic N) is 3. The third kappa shape index (κ3) is 5.33. The van der Waals surface area contributed by atoms with Crippen molar-refractivity contribution < 1.29 is 14.4 Å². The predicted molar refractivity (Wildman–Crippen MR) is 132 cm³/mol. The number of para-hydroxylation sites is 1. The highest BCUT2D eigenvalue weighted by Gasteiger charge is 2.25. The van der Waals surface area contributed by atoms with Gasteiger partial charge in [-0.1, -0.05) is 50.3 Å². The highest BCUT2D eigenvalue weighted by Crippen LogP contribution is 2.18. The van der Waals surface area contributed by atoms with Gasteiger partial charge in [0.1, 0.15) is 0 Å². The first-order valence-corrected chi connectivity index (χ1v) is 11.5. The molecule has 34 heavy (non-hydrogen) atoms. The Hall–Kier alpha value is -3.94. The van der Waals surface area contributed by atoms with Gasteiger partial charge >= 0.3 is 0 Å². The van der Waals surface area contributed by atoms with Crippen LogP contribution in [0.15, 0.2) is 48.5 Å². The van der Waals surface area contributed by atoms with Gasteiger partial charge in [0, 0.05) is 43.0 Å². The molecule has 2 N–H and O–H groups in total. The lowest BCUT2D eigenvalue weighted by Gasteiger charge is -2.35. The Kier molecular flexibility index (Phi) is 7.06. The van der Waals surface area contributed by atoms with Gasteiger partial charge < -0.3 is 15.1 Å². The number of amides is 3. The Morgan fingerprint density at radius 1 is 0.971 bits per heavy atom. The summed E-state index contributed by atoms with van der Waals surface area (Å²) in [6.07, 6.45) is 3.93. The van der Waals surface area contributed by atoms with Crippen LogP contribution in [0.25, 0.3) is 23.1 Å². The molecule has 0 saturated carbocycles. The van der Waals surface area contributed by atoms with E-state index in [1.54, 1.807) is 23.6 Å². The number of carbonyl (C=O) groups excluding carboxylic acids is 3. The highest BCUT2D eigenvalue weighted by atomic mass is 16.2. The number of hydrogen-bond donors (Lipinski definition) is 2. The van der Waals surface area contributed by atoms with Gasteiger partial charge in [-0.2, -0.15) is 5.10 Å². The van der Waals surface area contributed by atoms with Crippen LogP contribution in [0.1, 0.15) is 35.5 Å². The molecule has 8 nitrogen and oxygen atoms in total. The standard InChI is InChI=1S/C26H29N5O3/c1-18(2)25(33)27-17-24(32)30-13-15-31(16-14-30)26(34)20-10-7-19(8-11-20)9-12-23-21-5-3-4-6-22(21)28-29-23/h3-12,18H,13-17H2,1-2H3,(H,27,33)(H,28,29)/b12-9+. The molecule has 2 aromatic carbocycles. The fraction of sp³-hybridized carbons (Fsp3) is 0.308. The lowest BCUT2D eigenvalue weighted by atomic mass is 10.1. The molecular formula is C26H29N5O3. The fourth-order valence-corrected chi connectivity index (χ4v) is 3.84. The summed E-state index contributed by atoms with van der Waals surface area (Å²) in [7, 11) is 0. The van der Waals surface area contributed by atoms with Gasteiger partial charge in [-0.15, -0.1) is 0 Å². The van der Waals surface area contributed by atoms with E-state index < -0.39 is 0 Å². The van der Waals surface area contributed by atoms with Crippen LogP contribution >= 0.6 is 0 Å². The van der Waals surface area contributed by atoms with Crippen molar-refractivity contribution in [3.63, 3.8) is 0 Å². The molecule has 0 aliphatic carbocycles. The van der Waals surface area contributed by atoms with Gasteiger partial charge in [0.05, 0.1) is 17.8 Å². The average molecular weight is 460 g/mol. The highest BCUT2D eigenvalue weighted by molar-refractivity contribution is 5.95. The summed E-state index contributed by atoms with van der Waals surface area (Å²) in [6, 6.07) is 15.4. The minimum atomic E-state index is -0.158. The zero-order valence-corrected chi connectivity index (χ0v) is 19.5. The number of fused-ring (bicyclic) bond motifs is 1. The fourth-order valence-electron chi connectivity index (χ4n) is 3.84. The second-order valence-electron chi connectivity index (χ2n) is 8.66. The second-order valence-corrected chi connectivity index (χ2v) is 8.66. The Morgan fingerprint density at radius 2 is 1.65 bits per heavy atom. The molecule has 4 rings (SSSR count). The van der Waals surface area contributed by atoms with Gasteiger partial charge in [0.25, 0.3) is 5.91 Å². The first-order chi connectivity index (χ1) is 16.4. The Bertz CT molecular complexity index is 1200. The maximum Gasteiger partial charge on any atom is 0.253 e. The van der Waals surface area contributed by atoms with Crippen molar-refractivity contribution in [2.24, 2.45) is 5.92 Å². The van der Waals surface area contributed by atoms with E-state index in [1.165, 1.54) is 0 Å². The van der Waals surface area contributed by atoms with Crippen LogP contribution in [-0.4, -0.2) is 70.4 Å². The molecule has 0 unspecified atom stereocenters. The van der Waals surface area contributed by atoms with Crippen molar-refractivity contribution in [2.45, 2.75) is 13.8 Å². The van der Waals surface area contributed by atoms with Crippen molar-refractivity contribution in [3.8, 4) is 0 Å². The van der Waals surface area contributed by atoms with Crippen molar-refractivity contribution in [2.75, 3.05) is 32.7 Å². The van der Waals surface area contributed by atoms with Crippen LogP contribution in [0.2, 0.25) is 0 Å². The maximum absolute atomic E-state index is 12.9. The largest absolute Gasteiger partial charge is 0.347 e. The smallest absolute Gasteiger partial charge is 0.253 e. The number of piperazine rings is 1. The predicted octanol–water partition coefficient (Wildman–Crippen LogP) is 2.79. The van der Waals surface area contributed by atoms with Crippen LogP contribution in [-0.2, 0) is 9.59 Å². The van der Waals surface area contributed by atoms with E-state index in [1.807, 2.05) is 60.7 Å². The van der Waals surface area contributed by atoms with E-state index in [0.29, 0.717) is 31.7 Å². The first kappa shape index (κ1) is 23.2. The third-order valence-corrected chi connectivity index (χ3v) is 5.95. The zero-order valence-electron chi connectivity index (χ0n) is 19.5. The van der Waals surface area contributed by atoms with E-state index in [4.69, 9.17) is 0 Å². The van der Waals surface area contributed by atoms with Gasteiger partial charge in [0.2, 0.25) is 11.8 Å². The molecular weight excluding hydrogens is 430 g/mol. The summed E-state index contributed by atoms with van der Waals surface area (Å²) in [5, 5.41) is 11.1. The topological polar surface area (TPSA) is 98.4 Å². The normalized spacial score (nSPS) is 14.2. The SMILES string of the molecule is CC(C)C(=O)NCC(=O)N1CCN(C(=O)c2ccc(/C=C/c3n[nH]c4ccccc34)cc2)CC1. The van der Waals surface area contributed by atoms with Gasteiger partial charge in [-0.05, 0) is 29.8 Å². The molecule has 2 heterocycles. The van der Waals surface area contributed by atoms with Crippen LogP contribution in [0.5, 0.6) is 0 Å². The van der Waals surface area contributed by atoms with Crippen molar-refractivity contribution in [1.82, 2.24) is 25.3 Å². The molecule has 1 saturated heterocycles. The number of hydrogen-bond acceptors (Lipinski definition) is 4. The van der Waals surface area contributed by atoms with Crippen LogP contribution in [0.4, 0.5) is 0 Å². The molecule has 3 amide bonds. The Labute approximate surface area is 198 Å². The molecule has 176 valence electrons. The van der Waals surface area contributed by atoms with Crippen molar-refractivity contribution in [1.29, 1.82) is 0 Å². The number of H-pyrrole nitrogens is 1. The number of aromatic nitrogens is 2. The molecule has 1 aliphatic rings. The molecule has 0 bridgehead atoms. The molecule has 8 heteroatoms. The first-order valence-electron chi connectivity index (χ1n) is 11.5. The zero-order chi connectivity index (χ0) is 24.1. The van der Waals surface area contributed by atoms with Gasteiger partial charge in [-0.25, -0.2) is 0 Å². The molecule has 1 aliphatic heterocycles. The summed E-state index contributed by atoms with van der Waals surface area (Å²) in [4.78, 5) is 40.3. The molecule has 3 aromatic rings. The maximum atomic E-state index is 12.9. The Balaban J connectivity index is 1.30. The van der Waals surface area contributed by atoms with E-state index in [0.717, 1.165) is 22.2 Å². The minimum Gasteiger partial charge on any atom is -0.347 e. The van der Waals surface area contributed by atoms with Crippen LogP contribution < -0.4 is 5.32 Å². The van der Waals surface area contributed by atoms with Crippen LogP contribution in [0.3, 0.4) is 0 Å². The number of rotatable bonds is 6. The average Bonchev–Trinajstić information content (AvgIpc) is 3.29. The summed E-state index contributed by atoms with van der Waals surface area (Å²) >= 11 is 0. The summed E-state index contributed by atoms with van der Waals surface area (Å²) in [5.41, 5.74) is 3.45. The van der Waals surface area contributed by atoms with E-state index in [-0.39, 0.29) is 30.2 Å². The minimum absolute atomic E-state index is 0.00594. The molecule has 0 radical (unpaired) electrons. The van der Waals surface area contributed by atoms with E-state index >= 15 is 0 Å². The van der Waals surface area contributed by atoms with Crippen molar-refractivity contribution in [3.05, 3.63) is 65.4 Å².